The van der Waals surface area contributed by atoms with Crippen LogP contribution in [-0.2, 0) is 0 Å². The molecule has 1 heteroatoms. The summed E-state index contributed by atoms with van der Waals surface area (Å²) in [6.07, 6.45) is 8.89. The Labute approximate surface area is 55.5 Å². The molecule has 0 saturated carbocycles. The molecule has 2 aliphatic rings. The smallest absolute Gasteiger partial charge is 0.00207 e. The number of rotatable bonds is 0. The van der Waals surface area contributed by atoms with E-state index in [1.807, 2.05) is 0 Å². The van der Waals surface area contributed by atoms with Crippen LogP contribution < -0.4 is 5.32 Å². The van der Waals surface area contributed by atoms with Crippen LogP contribution >= 0.6 is 0 Å². The van der Waals surface area contributed by atoms with Crippen LogP contribution in [0.15, 0.2) is 24.3 Å². The zero-order chi connectivity index (χ0) is 6.10. The van der Waals surface area contributed by atoms with Gasteiger partial charge in [-0.2, -0.15) is 0 Å². The Hall–Kier alpha value is -0.560. The first kappa shape index (κ1) is 5.24. The van der Waals surface area contributed by atoms with Gasteiger partial charge in [0.2, 0.25) is 0 Å². The quantitative estimate of drug-likeness (QED) is 0.503. The molecule has 1 heterocycles. The largest absolute Gasteiger partial charge is 0.316 e. The van der Waals surface area contributed by atoms with Crippen molar-refractivity contribution in [2.75, 3.05) is 13.1 Å². The van der Waals surface area contributed by atoms with Crippen molar-refractivity contribution < 1.29 is 0 Å². The summed E-state index contributed by atoms with van der Waals surface area (Å²) < 4.78 is 0. The van der Waals surface area contributed by atoms with Crippen LogP contribution in [0.3, 0.4) is 0 Å². The highest BCUT2D eigenvalue weighted by Gasteiger charge is 2.22. The Morgan fingerprint density at radius 1 is 1.00 bits per heavy atom. The van der Waals surface area contributed by atoms with E-state index in [1.165, 1.54) is 13.1 Å². The highest BCUT2D eigenvalue weighted by atomic mass is 14.9. The molecule has 1 saturated heterocycles. The molecule has 0 aromatic rings. The summed E-state index contributed by atoms with van der Waals surface area (Å²) in [5.41, 5.74) is 0. The van der Waals surface area contributed by atoms with Gasteiger partial charge in [0.1, 0.15) is 0 Å². The zero-order valence-corrected chi connectivity index (χ0v) is 5.38. The molecule has 2 unspecified atom stereocenters. The standard InChI is InChI=1S/C8H11N/c1-2-4-8-6-9-5-7(8)3-1/h1-4,7-9H,5-6H2. The fraction of sp³-hybridized carbons (Fsp3) is 0.500. The topological polar surface area (TPSA) is 12.0 Å². The average Bonchev–Trinajstić information content (AvgIpc) is 2.33. The van der Waals surface area contributed by atoms with Gasteiger partial charge in [-0.25, -0.2) is 0 Å². The summed E-state index contributed by atoms with van der Waals surface area (Å²) in [7, 11) is 0. The van der Waals surface area contributed by atoms with Gasteiger partial charge in [-0.1, -0.05) is 24.3 Å². The van der Waals surface area contributed by atoms with Crippen LogP contribution in [0.2, 0.25) is 0 Å². The van der Waals surface area contributed by atoms with Crippen molar-refractivity contribution >= 4 is 0 Å². The first-order valence-corrected chi connectivity index (χ1v) is 3.52. The van der Waals surface area contributed by atoms with Crippen molar-refractivity contribution in [2.45, 2.75) is 0 Å². The SMILES string of the molecule is C1=CC2CNCC2C=C1. The van der Waals surface area contributed by atoms with Crippen molar-refractivity contribution in [3.8, 4) is 0 Å². The first-order valence-electron chi connectivity index (χ1n) is 3.52. The predicted octanol–water partition coefficient (Wildman–Crippen LogP) is 0.948. The number of fused-ring (bicyclic) bond motifs is 1. The maximum absolute atomic E-state index is 3.36. The Morgan fingerprint density at radius 3 is 2.11 bits per heavy atom. The third-order valence-corrected chi connectivity index (χ3v) is 2.14. The normalized spacial score (nSPS) is 39.1. The summed E-state index contributed by atoms with van der Waals surface area (Å²) in [5.74, 6) is 1.57. The zero-order valence-electron chi connectivity index (χ0n) is 5.38. The minimum Gasteiger partial charge on any atom is -0.316 e. The fourth-order valence-electron chi connectivity index (χ4n) is 1.55. The molecule has 0 aromatic carbocycles. The lowest BCUT2D eigenvalue weighted by Crippen LogP contribution is -2.08. The second-order valence-corrected chi connectivity index (χ2v) is 2.76. The van der Waals surface area contributed by atoms with E-state index in [0.717, 1.165) is 11.8 Å². The van der Waals surface area contributed by atoms with E-state index in [1.54, 1.807) is 0 Å². The maximum atomic E-state index is 3.36. The van der Waals surface area contributed by atoms with E-state index in [2.05, 4.69) is 29.6 Å². The summed E-state index contributed by atoms with van der Waals surface area (Å²) >= 11 is 0. The van der Waals surface area contributed by atoms with Gasteiger partial charge in [0.15, 0.2) is 0 Å². The molecule has 0 aromatic heterocycles. The molecular weight excluding hydrogens is 110 g/mol. The molecule has 2 atom stereocenters. The molecule has 0 amide bonds. The van der Waals surface area contributed by atoms with Crippen LogP contribution in [0.1, 0.15) is 0 Å². The number of nitrogens with one attached hydrogen (secondary N) is 1. The van der Waals surface area contributed by atoms with Gasteiger partial charge in [0.05, 0.1) is 0 Å². The number of hydrogen-bond acceptors (Lipinski definition) is 1. The molecule has 2 rings (SSSR count). The third kappa shape index (κ3) is 0.815. The van der Waals surface area contributed by atoms with E-state index in [0.29, 0.717) is 0 Å². The van der Waals surface area contributed by atoms with Gasteiger partial charge >= 0.3 is 0 Å². The van der Waals surface area contributed by atoms with Gasteiger partial charge in [-0.15, -0.1) is 0 Å². The minimum atomic E-state index is 0.787. The monoisotopic (exact) mass is 121 g/mol. The lowest BCUT2D eigenvalue weighted by atomic mass is 9.92. The van der Waals surface area contributed by atoms with E-state index in [-0.39, 0.29) is 0 Å². The fourth-order valence-corrected chi connectivity index (χ4v) is 1.55. The van der Waals surface area contributed by atoms with E-state index < -0.39 is 0 Å². The molecule has 1 fully saturated rings. The van der Waals surface area contributed by atoms with Crippen LogP contribution in [0.4, 0.5) is 0 Å². The van der Waals surface area contributed by atoms with E-state index in [4.69, 9.17) is 0 Å². The van der Waals surface area contributed by atoms with Gasteiger partial charge in [0, 0.05) is 13.1 Å². The molecule has 1 N–H and O–H groups in total. The number of hydrogen-bond donors (Lipinski definition) is 1. The molecule has 0 spiro atoms. The van der Waals surface area contributed by atoms with Crippen molar-refractivity contribution in [2.24, 2.45) is 11.8 Å². The second kappa shape index (κ2) is 1.99. The van der Waals surface area contributed by atoms with Crippen molar-refractivity contribution in [1.29, 1.82) is 0 Å². The van der Waals surface area contributed by atoms with Crippen LogP contribution in [0.25, 0.3) is 0 Å². The van der Waals surface area contributed by atoms with Crippen LogP contribution in [0.5, 0.6) is 0 Å². The van der Waals surface area contributed by atoms with E-state index in [9.17, 15) is 0 Å². The minimum absolute atomic E-state index is 0.787. The van der Waals surface area contributed by atoms with Gasteiger partial charge in [-0.3, -0.25) is 0 Å². The summed E-state index contributed by atoms with van der Waals surface area (Å²) in [6.45, 7) is 2.34. The summed E-state index contributed by atoms with van der Waals surface area (Å²) in [4.78, 5) is 0. The highest BCUT2D eigenvalue weighted by Crippen LogP contribution is 2.22. The molecule has 9 heavy (non-hydrogen) atoms. The predicted molar refractivity (Wildman–Crippen MR) is 38.1 cm³/mol. The molecule has 1 aliphatic heterocycles. The Morgan fingerprint density at radius 2 is 1.56 bits per heavy atom. The number of allylic oxidation sites excluding steroid dienone is 2. The lowest BCUT2D eigenvalue weighted by Gasteiger charge is -2.11. The molecule has 1 aliphatic carbocycles. The molecule has 0 bridgehead atoms. The molecule has 48 valence electrons. The summed E-state index contributed by atoms with van der Waals surface area (Å²) in [5, 5.41) is 3.36. The van der Waals surface area contributed by atoms with Crippen molar-refractivity contribution in [3.63, 3.8) is 0 Å². The average molecular weight is 121 g/mol. The summed E-state index contributed by atoms with van der Waals surface area (Å²) in [6, 6.07) is 0. The molecule has 0 radical (unpaired) electrons. The highest BCUT2D eigenvalue weighted by molar-refractivity contribution is 5.16. The Kier molecular flexibility index (Phi) is 1.16. The maximum Gasteiger partial charge on any atom is 0.00207 e. The van der Waals surface area contributed by atoms with Crippen molar-refractivity contribution in [1.82, 2.24) is 5.32 Å². The van der Waals surface area contributed by atoms with Gasteiger partial charge in [0.25, 0.3) is 0 Å². The van der Waals surface area contributed by atoms with Crippen LogP contribution in [0, 0.1) is 11.8 Å². The third-order valence-electron chi connectivity index (χ3n) is 2.14. The second-order valence-electron chi connectivity index (χ2n) is 2.76. The van der Waals surface area contributed by atoms with Crippen molar-refractivity contribution in [3.05, 3.63) is 24.3 Å². The van der Waals surface area contributed by atoms with E-state index >= 15 is 0 Å². The Balaban J connectivity index is 2.18. The molecular formula is C8H11N. The Bertz CT molecular complexity index is 140. The first-order chi connectivity index (χ1) is 4.47. The van der Waals surface area contributed by atoms with Gasteiger partial charge in [-0.05, 0) is 11.8 Å². The van der Waals surface area contributed by atoms with Gasteiger partial charge < -0.3 is 5.32 Å². The lowest BCUT2D eigenvalue weighted by molar-refractivity contribution is 0.595. The van der Waals surface area contributed by atoms with Crippen LogP contribution in [-0.4, -0.2) is 13.1 Å². The molecule has 1 nitrogen and oxygen atoms in total.